The Morgan fingerprint density at radius 2 is 0.938 bits per heavy atom. The molecule has 308 valence electrons. The lowest BCUT2D eigenvalue weighted by atomic mass is 9.94. The molecule has 5 heteroatoms. The van der Waals surface area contributed by atoms with Gasteiger partial charge in [-0.2, -0.15) is 0 Å². The Balaban J connectivity index is 0.974. The minimum absolute atomic E-state index is 0.393. The molecule has 13 rings (SSSR count). The van der Waals surface area contributed by atoms with Gasteiger partial charge in [0.1, 0.15) is 0 Å². The van der Waals surface area contributed by atoms with Crippen molar-refractivity contribution in [1.82, 2.24) is 23.7 Å². The molecule has 0 saturated carbocycles. The van der Waals surface area contributed by atoms with Crippen molar-refractivity contribution in [2.75, 3.05) is 0 Å². The highest BCUT2D eigenvalue weighted by molar-refractivity contribution is 6.13. The molecule has 0 fully saturated rings. The summed E-state index contributed by atoms with van der Waals surface area (Å²) in [7, 11) is 0. The molecule has 3 aliphatic rings. The highest BCUT2D eigenvalue weighted by Gasteiger charge is 2.25. The predicted molar refractivity (Wildman–Crippen MR) is 270 cm³/mol. The summed E-state index contributed by atoms with van der Waals surface area (Å²) in [5.41, 5.74) is 16.7. The van der Waals surface area contributed by atoms with Crippen LogP contribution in [0.15, 0.2) is 170 Å². The highest BCUT2D eigenvalue weighted by Crippen LogP contribution is 2.42. The summed E-state index contributed by atoms with van der Waals surface area (Å²) in [6.45, 7) is 6.90. The van der Waals surface area contributed by atoms with Crippen molar-refractivity contribution in [3.05, 3.63) is 181 Å². The van der Waals surface area contributed by atoms with E-state index < -0.39 is 0 Å². The Bertz CT molecular complexity index is 3760. The Morgan fingerprint density at radius 3 is 1.56 bits per heavy atom. The van der Waals surface area contributed by atoms with Gasteiger partial charge in [0.2, 0.25) is 5.95 Å². The van der Waals surface area contributed by atoms with E-state index in [0.717, 1.165) is 46.9 Å². The number of hydrogen-bond acceptors (Lipinski definition) is 2. The van der Waals surface area contributed by atoms with Crippen molar-refractivity contribution in [1.29, 1.82) is 0 Å². The van der Waals surface area contributed by atoms with E-state index >= 15 is 0 Å². The summed E-state index contributed by atoms with van der Waals surface area (Å²) < 4.78 is 7.29. The van der Waals surface area contributed by atoms with Gasteiger partial charge in [-0.15, -0.1) is 0 Å². The topological polar surface area (TPSA) is 40.6 Å². The van der Waals surface area contributed by atoms with Gasteiger partial charge >= 0.3 is 0 Å². The molecule has 0 saturated heterocycles. The Hall–Kier alpha value is -7.50. The van der Waals surface area contributed by atoms with E-state index in [1.54, 1.807) is 0 Å². The van der Waals surface area contributed by atoms with Gasteiger partial charge in [-0.3, -0.25) is 4.57 Å². The normalized spacial score (nSPS) is 18.5. The number of para-hydroxylation sites is 3. The lowest BCUT2D eigenvalue weighted by Gasteiger charge is -2.18. The van der Waals surface area contributed by atoms with Crippen molar-refractivity contribution in [2.45, 2.75) is 40.0 Å². The van der Waals surface area contributed by atoms with Gasteiger partial charge in [0, 0.05) is 60.5 Å². The third-order valence-electron chi connectivity index (χ3n) is 14.1. The first-order valence-electron chi connectivity index (χ1n) is 22.9. The van der Waals surface area contributed by atoms with Crippen LogP contribution in [0.2, 0.25) is 0 Å². The van der Waals surface area contributed by atoms with Gasteiger partial charge in [-0.25, -0.2) is 9.97 Å². The zero-order chi connectivity index (χ0) is 42.6. The summed E-state index contributed by atoms with van der Waals surface area (Å²) >= 11 is 0. The number of aromatic nitrogens is 5. The highest BCUT2D eigenvalue weighted by atomic mass is 15.2. The molecule has 10 aromatic rings. The van der Waals surface area contributed by atoms with Crippen molar-refractivity contribution in [2.24, 2.45) is 17.8 Å². The molecule has 0 amide bonds. The molecule has 0 bridgehead atoms. The Labute approximate surface area is 372 Å². The van der Waals surface area contributed by atoms with E-state index in [0.29, 0.717) is 23.7 Å². The zero-order valence-corrected chi connectivity index (χ0v) is 36.3. The molecular weight excluding hydrogens is 779 g/mol. The van der Waals surface area contributed by atoms with E-state index in [9.17, 15) is 0 Å². The molecule has 3 aliphatic carbocycles. The summed E-state index contributed by atoms with van der Waals surface area (Å²) in [5, 5.41) is 7.32. The lowest BCUT2D eigenvalue weighted by Crippen LogP contribution is -2.11. The number of nitrogens with zero attached hydrogens (tertiary/aromatic N) is 5. The molecule has 3 unspecified atom stereocenters. The molecule has 6 aromatic carbocycles. The van der Waals surface area contributed by atoms with Crippen LogP contribution in [0.25, 0.3) is 111 Å². The van der Waals surface area contributed by atoms with Crippen LogP contribution in [-0.2, 0) is 6.42 Å². The van der Waals surface area contributed by atoms with Crippen molar-refractivity contribution < 1.29 is 0 Å². The van der Waals surface area contributed by atoms with Gasteiger partial charge in [-0.05, 0) is 115 Å². The fourth-order valence-electron chi connectivity index (χ4n) is 11.0. The molecule has 0 spiro atoms. The van der Waals surface area contributed by atoms with E-state index in [1.165, 1.54) is 82.8 Å². The average Bonchev–Trinajstić information content (AvgIpc) is 3.95. The third-order valence-corrected chi connectivity index (χ3v) is 14.1. The number of benzene rings is 6. The number of allylic oxidation sites excluding steroid dienone is 9. The molecule has 3 atom stereocenters. The zero-order valence-electron chi connectivity index (χ0n) is 36.3. The second-order valence-electron chi connectivity index (χ2n) is 18.5. The van der Waals surface area contributed by atoms with Gasteiger partial charge in [0.05, 0.1) is 38.8 Å². The lowest BCUT2D eigenvalue weighted by molar-refractivity contribution is 0.685. The fourth-order valence-corrected chi connectivity index (χ4v) is 11.0. The van der Waals surface area contributed by atoms with Gasteiger partial charge < -0.3 is 9.13 Å². The first-order valence-corrected chi connectivity index (χ1v) is 22.9. The maximum absolute atomic E-state index is 5.57. The summed E-state index contributed by atoms with van der Waals surface area (Å²) in [5.74, 6) is 2.11. The molecule has 4 aromatic heterocycles. The second kappa shape index (κ2) is 14.3. The standard InChI is InChI=1S/C59H47N5/c1-36-12-10-14-42(30-36)62-52-20-8-5-16-44(52)48-33-39(23-27-54(48)62)40-24-28-56-49(34-40)46-26-22-38(3)32-57(46)64(56)59-60-51-19-7-4-18-47(51)58(61-59)41-25-29-55-50(35-41)45-17-6-9-21-53(45)63(55)43-15-11-13-37(2)31-43/h4-29,33-38H,30-32H2,1-3H3. The molecular formula is C59H47N5. The SMILES string of the molecule is CC1C=CC=C(n2c3ccccc3c3cc(-c4ccc5c(c4)c4c(n5-c5nc(-c6ccc7c(c6)c6ccccc6n7C6=CC=CC(C)C6)c6ccccc6n5)CC(C)C=C4)ccc32)C1. The summed E-state index contributed by atoms with van der Waals surface area (Å²) in [6, 6.07) is 47.1. The van der Waals surface area contributed by atoms with E-state index in [1.807, 2.05) is 0 Å². The van der Waals surface area contributed by atoms with E-state index in [-0.39, 0.29) is 0 Å². The number of hydrogen-bond donors (Lipinski definition) is 0. The molecule has 0 N–H and O–H groups in total. The van der Waals surface area contributed by atoms with Crippen molar-refractivity contribution in [3.63, 3.8) is 0 Å². The first kappa shape index (κ1) is 37.1. The summed E-state index contributed by atoms with van der Waals surface area (Å²) in [4.78, 5) is 10.9. The molecule has 64 heavy (non-hydrogen) atoms. The maximum Gasteiger partial charge on any atom is 0.235 e. The van der Waals surface area contributed by atoms with Crippen LogP contribution in [0.4, 0.5) is 0 Å². The monoisotopic (exact) mass is 825 g/mol. The maximum atomic E-state index is 5.57. The van der Waals surface area contributed by atoms with Gasteiger partial charge in [0.15, 0.2) is 0 Å². The molecule has 4 heterocycles. The van der Waals surface area contributed by atoms with Gasteiger partial charge in [-0.1, -0.05) is 130 Å². The van der Waals surface area contributed by atoms with Crippen molar-refractivity contribution >= 4 is 82.9 Å². The molecule has 0 radical (unpaired) electrons. The molecule has 0 aliphatic heterocycles. The van der Waals surface area contributed by atoms with Crippen LogP contribution in [0, 0.1) is 17.8 Å². The third kappa shape index (κ3) is 5.70. The first-order chi connectivity index (χ1) is 31.4. The predicted octanol–water partition coefficient (Wildman–Crippen LogP) is 15.2. The fraction of sp³-hybridized carbons (Fsp3) is 0.153. The van der Waals surface area contributed by atoms with E-state index in [2.05, 4.69) is 210 Å². The average molecular weight is 826 g/mol. The van der Waals surface area contributed by atoms with Crippen LogP contribution in [-0.4, -0.2) is 23.7 Å². The quantitative estimate of drug-likeness (QED) is 0.173. The Kier molecular flexibility index (Phi) is 8.27. The summed E-state index contributed by atoms with van der Waals surface area (Å²) in [6.07, 6.45) is 21.2. The smallest absolute Gasteiger partial charge is 0.235 e. The van der Waals surface area contributed by atoms with Crippen LogP contribution >= 0.6 is 0 Å². The minimum Gasteiger partial charge on any atom is -0.313 e. The Morgan fingerprint density at radius 1 is 0.438 bits per heavy atom. The second-order valence-corrected chi connectivity index (χ2v) is 18.5. The largest absolute Gasteiger partial charge is 0.313 e. The van der Waals surface area contributed by atoms with Crippen LogP contribution in [0.3, 0.4) is 0 Å². The minimum atomic E-state index is 0.393. The van der Waals surface area contributed by atoms with Crippen LogP contribution in [0.1, 0.15) is 44.9 Å². The van der Waals surface area contributed by atoms with Crippen molar-refractivity contribution in [3.8, 4) is 28.3 Å². The van der Waals surface area contributed by atoms with Crippen LogP contribution < -0.4 is 0 Å². The van der Waals surface area contributed by atoms with E-state index in [4.69, 9.17) is 9.97 Å². The van der Waals surface area contributed by atoms with Gasteiger partial charge in [0.25, 0.3) is 0 Å². The molecule has 5 nitrogen and oxygen atoms in total. The number of fused-ring (bicyclic) bond motifs is 10. The van der Waals surface area contributed by atoms with Crippen LogP contribution in [0.5, 0.6) is 0 Å². The number of rotatable bonds is 5.